The van der Waals surface area contributed by atoms with Crippen LogP contribution >= 0.6 is 0 Å². The lowest BCUT2D eigenvalue weighted by Crippen LogP contribution is -2.48. The van der Waals surface area contributed by atoms with Crippen LogP contribution in [0.25, 0.3) is 0 Å². The van der Waals surface area contributed by atoms with E-state index in [1.165, 1.54) is 6.20 Å². The second kappa shape index (κ2) is 8.39. The highest BCUT2D eigenvalue weighted by atomic mass is 19.3. The Kier molecular flexibility index (Phi) is 5.76. The maximum atomic E-state index is 13.8. The summed E-state index contributed by atoms with van der Waals surface area (Å²) in [6.07, 6.45) is 5.58. The number of alkyl halides is 2. The van der Waals surface area contributed by atoms with Crippen LogP contribution in [0.1, 0.15) is 68.7 Å². The molecule has 0 spiro atoms. The summed E-state index contributed by atoms with van der Waals surface area (Å²) in [5.41, 5.74) is 1.30. The van der Waals surface area contributed by atoms with Gasteiger partial charge < -0.3 is 15.0 Å². The molecule has 3 fully saturated rings. The Balaban J connectivity index is 1.30. The van der Waals surface area contributed by atoms with Gasteiger partial charge in [-0.05, 0) is 55.6 Å². The van der Waals surface area contributed by atoms with Crippen LogP contribution in [0.4, 0.5) is 8.78 Å². The third-order valence-corrected chi connectivity index (χ3v) is 8.25. The highest BCUT2D eigenvalue weighted by Crippen LogP contribution is 2.55. The molecule has 5 atom stereocenters. The topological polar surface area (TPSA) is 54.5 Å². The van der Waals surface area contributed by atoms with Gasteiger partial charge in [0.05, 0.1) is 12.0 Å². The number of amides is 1. The lowest BCUT2D eigenvalue weighted by atomic mass is 9.78. The largest absolute Gasteiger partial charge is 0.381 e. The Morgan fingerprint density at radius 3 is 3.06 bits per heavy atom. The molecule has 31 heavy (non-hydrogen) atoms. The van der Waals surface area contributed by atoms with Gasteiger partial charge in [-0.25, -0.2) is 8.78 Å². The minimum absolute atomic E-state index is 0.0549. The van der Waals surface area contributed by atoms with E-state index in [1.54, 1.807) is 6.07 Å². The van der Waals surface area contributed by atoms with E-state index in [1.807, 2.05) is 4.90 Å². The normalized spacial score (nSPS) is 35.3. The molecule has 3 heterocycles. The summed E-state index contributed by atoms with van der Waals surface area (Å²) in [6.45, 7) is 4.89. The van der Waals surface area contributed by atoms with E-state index >= 15 is 0 Å². The van der Waals surface area contributed by atoms with Crippen LogP contribution in [0.2, 0.25) is 0 Å². The molecule has 4 aliphatic rings. The molecule has 2 saturated carbocycles. The molecule has 0 aromatic carbocycles. The predicted molar refractivity (Wildman–Crippen MR) is 113 cm³/mol. The maximum Gasteiger partial charge on any atom is 0.265 e. The Hall–Kier alpha value is -1.60. The molecule has 1 N–H and O–H groups in total. The number of carbonyl (C=O) groups is 1. The number of carbonyl (C=O) groups excluding carboxylic acids is 1. The first-order valence-corrected chi connectivity index (χ1v) is 11.9. The number of rotatable bonds is 4. The van der Waals surface area contributed by atoms with Crippen LogP contribution in [0, 0.1) is 17.3 Å². The highest BCUT2D eigenvalue weighted by Gasteiger charge is 2.56. The molecule has 5 nitrogen and oxygen atoms in total. The number of hydrogen-bond donors (Lipinski definition) is 1. The number of nitrogens with zero attached hydrogens (tertiary/aromatic N) is 2. The van der Waals surface area contributed by atoms with Crippen molar-refractivity contribution < 1.29 is 18.3 Å². The molecule has 0 unspecified atom stereocenters. The van der Waals surface area contributed by atoms with Gasteiger partial charge in [-0.3, -0.25) is 9.78 Å². The van der Waals surface area contributed by atoms with E-state index in [0.717, 1.165) is 63.0 Å². The lowest BCUT2D eigenvalue weighted by molar-refractivity contribution is -0.144. The zero-order chi connectivity index (χ0) is 21.6. The Morgan fingerprint density at radius 2 is 2.26 bits per heavy atom. The zero-order valence-electron chi connectivity index (χ0n) is 18.3. The standard InChI is InChI=1S/C24H33F2N3O2/c1-15-14-31-8-5-20(15)28-19-10-18-3-2-6-24(18,11-19)23(30)29-7-4-21-17(13-29)9-16(12-27-21)22(25)26/h9,12,15,18-20,22,28H,2-8,10-11,13-14H2,1H3/t15-,18-,19-,20+,24-/m1/s1. The summed E-state index contributed by atoms with van der Waals surface area (Å²) in [4.78, 5) is 20.0. The van der Waals surface area contributed by atoms with Crippen molar-refractivity contribution in [1.82, 2.24) is 15.2 Å². The summed E-state index contributed by atoms with van der Waals surface area (Å²) < 4.78 is 31.9. The molecule has 1 aromatic rings. The number of halogens is 2. The first-order chi connectivity index (χ1) is 15.0. The van der Waals surface area contributed by atoms with Crippen molar-refractivity contribution in [2.75, 3.05) is 19.8 Å². The van der Waals surface area contributed by atoms with E-state index in [0.29, 0.717) is 43.4 Å². The van der Waals surface area contributed by atoms with Crippen LogP contribution < -0.4 is 5.32 Å². The van der Waals surface area contributed by atoms with Crippen molar-refractivity contribution in [3.8, 4) is 0 Å². The molecule has 1 amide bonds. The van der Waals surface area contributed by atoms with Crippen LogP contribution in [0.15, 0.2) is 12.3 Å². The van der Waals surface area contributed by atoms with Gasteiger partial charge in [0, 0.05) is 55.7 Å². The minimum Gasteiger partial charge on any atom is -0.381 e. The fraction of sp³-hybridized carbons (Fsp3) is 0.750. The molecule has 0 bridgehead atoms. The SMILES string of the molecule is C[C@@H]1COCC[C@@H]1N[C@@H]1C[C@H]2CCC[C@@]2(C(=O)N2CCc3ncc(C(F)F)cc3C2)C1. The molecule has 5 rings (SSSR count). The summed E-state index contributed by atoms with van der Waals surface area (Å²) in [5.74, 6) is 1.17. The summed E-state index contributed by atoms with van der Waals surface area (Å²) in [6, 6.07) is 2.39. The molecule has 0 radical (unpaired) electrons. The van der Waals surface area contributed by atoms with E-state index in [4.69, 9.17) is 4.74 Å². The quantitative estimate of drug-likeness (QED) is 0.783. The first-order valence-electron chi connectivity index (χ1n) is 11.9. The average Bonchev–Trinajstić information content (AvgIpc) is 3.32. The van der Waals surface area contributed by atoms with Crippen molar-refractivity contribution in [2.24, 2.45) is 17.3 Å². The second-order valence-corrected chi connectivity index (χ2v) is 10.1. The number of fused-ring (bicyclic) bond motifs is 2. The van der Waals surface area contributed by atoms with Crippen LogP contribution in [0.5, 0.6) is 0 Å². The number of pyridine rings is 1. The summed E-state index contributed by atoms with van der Waals surface area (Å²) >= 11 is 0. The molecule has 7 heteroatoms. The van der Waals surface area contributed by atoms with E-state index in [-0.39, 0.29) is 16.9 Å². The fourth-order valence-electron chi connectivity index (χ4n) is 6.60. The number of aromatic nitrogens is 1. The van der Waals surface area contributed by atoms with Gasteiger partial charge in [0.15, 0.2) is 0 Å². The summed E-state index contributed by atoms with van der Waals surface area (Å²) in [7, 11) is 0. The Bertz CT molecular complexity index is 835. The molecule has 1 aromatic heterocycles. The molecule has 1 saturated heterocycles. The van der Waals surface area contributed by atoms with E-state index in [2.05, 4.69) is 17.2 Å². The monoisotopic (exact) mass is 433 g/mol. The average molecular weight is 434 g/mol. The molecule has 2 aliphatic heterocycles. The van der Waals surface area contributed by atoms with Crippen molar-refractivity contribution in [3.05, 3.63) is 29.1 Å². The zero-order valence-corrected chi connectivity index (χ0v) is 18.3. The van der Waals surface area contributed by atoms with Gasteiger partial charge in [0.1, 0.15) is 0 Å². The maximum absolute atomic E-state index is 13.8. The van der Waals surface area contributed by atoms with Gasteiger partial charge >= 0.3 is 0 Å². The van der Waals surface area contributed by atoms with Crippen molar-refractivity contribution in [3.63, 3.8) is 0 Å². The Morgan fingerprint density at radius 1 is 1.39 bits per heavy atom. The van der Waals surface area contributed by atoms with Crippen LogP contribution in [0.3, 0.4) is 0 Å². The third-order valence-electron chi connectivity index (χ3n) is 8.25. The van der Waals surface area contributed by atoms with Gasteiger partial charge in [-0.2, -0.15) is 0 Å². The number of ether oxygens (including phenoxy) is 1. The van der Waals surface area contributed by atoms with Gasteiger partial charge in [-0.1, -0.05) is 13.3 Å². The fourth-order valence-corrected chi connectivity index (χ4v) is 6.60. The van der Waals surface area contributed by atoms with Gasteiger partial charge in [0.2, 0.25) is 5.91 Å². The first kappa shape index (κ1) is 21.3. The molecular formula is C24H33F2N3O2. The van der Waals surface area contributed by atoms with Gasteiger partial charge in [0.25, 0.3) is 6.43 Å². The minimum atomic E-state index is -2.53. The van der Waals surface area contributed by atoms with E-state index in [9.17, 15) is 13.6 Å². The third kappa shape index (κ3) is 3.88. The van der Waals surface area contributed by atoms with Crippen LogP contribution in [-0.4, -0.2) is 47.6 Å². The number of nitrogens with one attached hydrogen (secondary N) is 1. The van der Waals surface area contributed by atoms with Crippen molar-refractivity contribution in [2.45, 2.75) is 76.9 Å². The highest BCUT2D eigenvalue weighted by molar-refractivity contribution is 5.84. The lowest BCUT2D eigenvalue weighted by Gasteiger charge is -2.37. The van der Waals surface area contributed by atoms with Gasteiger partial charge in [-0.15, -0.1) is 0 Å². The van der Waals surface area contributed by atoms with Crippen molar-refractivity contribution in [1.29, 1.82) is 0 Å². The van der Waals surface area contributed by atoms with Crippen LogP contribution in [-0.2, 0) is 22.5 Å². The summed E-state index contributed by atoms with van der Waals surface area (Å²) in [5, 5.41) is 3.87. The smallest absolute Gasteiger partial charge is 0.265 e. The van der Waals surface area contributed by atoms with E-state index < -0.39 is 6.43 Å². The molecule has 170 valence electrons. The second-order valence-electron chi connectivity index (χ2n) is 10.1. The number of hydrogen-bond acceptors (Lipinski definition) is 4. The predicted octanol–water partition coefficient (Wildman–Crippen LogP) is 3.87. The van der Waals surface area contributed by atoms with Crippen molar-refractivity contribution >= 4 is 5.91 Å². The molecule has 2 aliphatic carbocycles. The molecular weight excluding hydrogens is 400 g/mol. The Labute approximate surface area is 182 Å².